The molecule has 134 valence electrons. The Morgan fingerprint density at radius 1 is 1.04 bits per heavy atom. The number of benzene rings is 2. The first-order valence-electron chi connectivity index (χ1n) is 8.18. The molecule has 0 aliphatic carbocycles. The fourth-order valence-corrected chi connectivity index (χ4v) is 4.27. The van der Waals surface area contributed by atoms with E-state index in [1.165, 1.54) is 24.4 Å². The highest BCUT2D eigenvalue weighted by Gasteiger charge is 2.24. The van der Waals surface area contributed by atoms with Crippen molar-refractivity contribution in [3.63, 3.8) is 0 Å². The van der Waals surface area contributed by atoms with Crippen molar-refractivity contribution >= 4 is 20.7 Å². The van der Waals surface area contributed by atoms with Gasteiger partial charge in [0.15, 0.2) is 11.5 Å². The summed E-state index contributed by atoms with van der Waals surface area (Å²) in [5.74, 6) is 1.24. The molecule has 0 radical (unpaired) electrons. The highest BCUT2D eigenvalue weighted by atomic mass is 32.2. The first kappa shape index (κ1) is 16.7. The number of ether oxygens (including phenoxy) is 2. The van der Waals surface area contributed by atoms with Crippen molar-refractivity contribution in [2.75, 3.05) is 6.79 Å². The highest BCUT2D eigenvalue weighted by Crippen LogP contribution is 2.35. The zero-order valence-electron chi connectivity index (χ0n) is 14.3. The van der Waals surface area contributed by atoms with E-state index in [-0.39, 0.29) is 22.0 Å². The van der Waals surface area contributed by atoms with Gasteiger partial charge in [-0.1, -0.05) is 26.0 Å². The van der Waals surface area contributed by atoms with Gasteiger partial charge < -0.3 is 14.5 Å². The molecule has 1 N–H and O–H groups in total. The van der Waals surface area contributed by atoms with Crippen LogP contribution in [-0.2, 0) is 9.84 Å². The van der Waals surface area contributed by atoms with Crippen LogP contribution in [0.3, 0.4) is 0 Å². The number of hydrogen-bond donors (Lipinski definition) is 1. The third-order valence-corrected chi connectivity index (χ3v) is 6.26. The topological polar surface area (TPSA) is 85.5 Å². The van der Waals surface area contributed by atoms with Gasteiger partial charge in [-0.3, -0.25) is 4.79 Å². The molecule has 0 spiro atoms. The summed E-state index contributed by atoms with van der Waals surface area (Å²) >= 11 is 0. The van der Waals surface area contributed by atoms with Crippen LogP contribution in [0, 0.1) is 0 Å². The van der Waals surface area contributed by atoms with Crippen molar-refractivity contribution in [3.05, 3.63) is 58.4 Å². The lowest BCUT2D eigenvalue weighted by atomic mass is 10.0. The summed E-state index contributed by atoms with van der Waals surface area (Å²) in [5, 5.41) is 0.245. The zero-order valence-corrected chi connectivity index (χ0v) is 15.1. The van der Waals surface area contributed by atoms with Crippen molar-refractivity contribution in [1.29, 1.82) is 0 Å². The molecule has 1 aromatic heterocycles. The van der Waals surface area contributed by atoms with E-state index in [1.807, 2.05) is 13.8 Å². The van der Waals surface area contributed by atoms with Crippen LogP contribution in [0.1, 0.15) is 25.3 Å². The van der Waals surface area contributed by atoms with Crippen molar-refractivity contribution in [2.24, 2.45) is 0 Å². The van der Waals surface area contributed by atoms with Gasteiger partial charge in [0, 0.05) is 12.3 Å². The zero-order chi connectivity index (χ0) is 18.5. The SMILES string of the molecule is CC(C)c1ccc(S(=O)(=O)c2c[nH]c3cc4c(cc3c2=O)OCO4)cc1. The van der Waals surface area contributed by atoms with Gasteiger partial charge >= 0.3 is 0 Å². The summed E-state index contributed by atoms with van der Waals surface area (Å²) in [5.41, 5.74) is 0.961. The molecule has 4 rings (SSSR count). The Morgan fingerprint density at radius 2 is 1.69 bits per heavy atom. The van der Waals surface area contributed by atoms with Gasteiger partial charge in [0.05, 0.1) is 15.8 Å². The first-order valence-corrected chi connectivity index (χ1v) is 9.66. The minimum absolute atomic E-state index is 0.0766. The fourth-order valence-electron chi connectivity index (χ4n) is 2.95. The average Bonchev–Trinajstić information content (AvgIpc) is 3.08. The summed E-state index contributed by atoms with van der Waals surface area (Å²) < 4.78 is 36.4. The molecule has 7 heteroatoms. The largest absolute Gasteiger partial charge is 0.454 e. The van der Waals surface area contributed by atoms with Crippen LogP contribution < -0.4 is 14.9 Å². The maximum atomic E-state index is 12.9. The fraction of sp³-hybridized carbons (Fsp3) is 0.211. The van der Waals surface area contributed by atoms with Crippen molar-refractivity contribution in [2.45, 2.75) is 29.6 Å². The number of nitrogens with one attached hydrogen (secondary N) is 1. The molecule has 0 fully saturated rings. The summed E-state index contributed by atoms with van der Waals surface area (Å²) in [6, 6.07) is 9.75. The van der Waals surface area contributed by atoms with Crippen LogP contribution in [0.2, 0.25) is 0 Å². The molecule has 26 heavy (non-hydrogen) atoms. The van der Waals surface area contributed by atoms with Crippen LogP contribution in [-0.4, -0.2) is 20.2 Å². The first-order chi connectivity index (χ1) is 12.4. The summed E-state index contributed by atoms with van der Waals surface area (Å²) in [4.78, 5) is 15.5. The molecule has 0 bridgehead atoms. The predicted molar refractivity (Wildman–Crippen MR) is 96.7 cm³/mol. The van der Waals surface area contributed by atoms with Gasteiger partial charge in [-0.05, 0) is 29.7 Å². The van der Waals surface area contributed by atoms with Gasteiger partial charge in [0.25, 0.3) is 0 Å². The summed E-state index contributed by atoms with van der Waals surface area (Å²) in [7, 11) is -3.93. The second-order valence-corrected chi connectivity index (χ2v) is 8.38. The van der Waals surface area contributed by atoms with Gasteiger partial charge in [0.2, 0.25) is 22.1 Å². The van der Waals surface area contributed by atoms with E-state index in [0.29, 0.717) is 22.9 Å². The minimum Gasteiger partial charge on any atom is -0.454 e. The van der Waals surface area contributed by atoms with Gasteiger partial charge in [-0.25, -0.2) is 8.42 Å². The van der Waals surface area contributed by atoms with Gasteiger partial charge in [-0.2, -0.15) is 0 Å². The standard InChI is InChI=1S/C19H17NO5S/c1-11(2)12-3-5-13(6-4-12)26(22,23)18-9-20-15-8-17-16(24-10-25-17)7-14(15)19(18)21/h3-9,11H,10H2,1-2H3,(H,20,21). The molecule has 3 aromatic rings. The Hall–Kier alpha value is -2.80. The maximum absolute atomic E-state index is 12.9. The van der Waals surface area contributed by atoms with Crippen LogP contribution in [0.5, 0.6) is 11.5 Å². The van der Waals surface area contributed by atoms with Crippen LogP contribution in [0.25, 0.3) is 10.9 Å². The number of fused-ring (bicyclic) bond motifs is 2. The predicted octanol–water partition coefficient (Wildman–Crippen LogP) is 3.21. The lowest BCUT2D eigenvalue weighted by Gasteiger charge is -2.09. The summed E-state index contributed by atoms with van der Waals surface area (Å²) in [6.45, 7) is 4.14. The lowest BCUT2D eigenvalue weighted by molar-refractivity contribution is 0.174. The van der Waals surface area contributed by atoms with Crippen LogP contribution >= 0.6 is 0 Å². The van der Waals surface area contributed by atoms with Crippen molar-refractivity contribution in [1.82, 2.24) is 4.98 Å². The third-order valence-electron chi connectivity index (χ3n) is 4.49. The molecule has 0 saturated heterocycles. The molecule has 0 saturated carbocycles. The van der Waals surface area contributed by atoms with E-state index in [0.717, 1.165) is 5.56 Å². The number of aromatic nitrogens is 1. The van der Waals surface area contributed by atoms with Crippen molar-refractivity contribution in [3.8, 4) is 11.5 Å². The van der Waals surface area contributed by atoms with Gasteiger partial charge in [-0.15, -0.1) is 0 Å². The maximum Gasteiger partial charge on any atom is 0.231 e. The number of pyridine rings is 1. The van der Waals surface area contributed by atoms with E-state index < -0.39 is 15.3 Å². The van der Waals surface area contributed by atoms with E-state index >= 15 is 0 Å². The van der Waals surface area contributed by atoms with Crippen LogP contribution in [0.4, 0.5) is 0 Å². The molecule has 0 atom stereocenters. The number of aromatic amines is 1. The number of hydrogen-bond acceptors (Lipinski definition) is 5. The Morgan fingerprint density at radius 3 is 2.35 bits per heavy atom. The third kappa shape index (κ3) is 2.55. The monoisotopic (exact) mass is 371 g/mol. The Kier molecular flexibility index (Phi) is 3.77. The second-order valence-electron chi connectivity index (χ2n) is 6.46. The van der Waals surface area contributed by atoms with Crippen molar-refractivity contribution < 1.29 is 17.9 Å². The molecular formula is C19H17NO5S. The lowest BCUT2D eigenvalue weighted by Crippen LogP contribution is -2.16. The smallest absolute Gasteiger partial charge is 0.231 e. The quantitative estimate of drug-likeness (QED) is 0.764. The molecule has 0 amide bonds. The van der Waals surface area contributed by atoms with E-state index in [2.05, 4.69) is 4.98 Å². The molecule has 0 unspecified atom stereocenters. The van der Waals surface area contributed by atoms with E-state index in [1.54, 1.807) is 18.2 Å². The molecule has 2 heterocycles. The molecular weight excluding hydrogens is 354 g/mol. The average molecular weight is 371 g/mol. The summed E-state index contributed by atoms with van der Waals surface area (Å²) in [6.07, 6.45) is 1.23. The van der Waals surface area contributed by atoms with E-state index in [9.17, 15) is 13.2 Å². The normalized spacial score (nSPS) is 13.5. The molecule has 1 aliphatic heterocycles. The molecule has 2 aromatic carbocycles. The number of H-pyrrole nitrogens is 1. The number of sulfone groups is 1. The molecule has 6 nitrogen and oxygen atoms in total. The second kappa shape index (κ2) is 5.88. The number of rotatable bonds is 3. The Balaban J connectivity index is 1.86. The van der Waals surface area contributed by atoms with Crippen LogP contribution in [0.15, 0.2) is 57.2 Å². The Labute approximate surface area is 150 Å². The van der Waals surface area contributed by atoms with E-state index in [4.69, 9.17) is 9.47 Å². The van der Waals surface area contributed by atoms with Gasteiger partial charge in [0.1, 0.15) is 4.90 Å². The minimum atomic E-state index is -3.93. The molecule has 1 aliphatic rings. The highest BCUT2D eigenvalue weighted by molar-refractivity contribution is 7.91. The Bertz CT molecular complexity index is 1160.